The highest BCUT2D eigenvalue weighted by atomic mass is 16.5. The van der Waals surface area contributed by atoms with Crippen LogP contribution in [0.5, 0.6) is 11.5 Å². The van der Waals surface area contributed by atoms with Gasteiger partial charge in [0.1, 0.15) is 11.0 Å². The summed E-state index contributed by atoms with van der Waals surface area (Å²) in [7, 11) is 1.48. The standard InChI is InChI=1S/C20H27NO6/c1-19(2)10-14-6-4-7-15(17(14)27-19)26-11-16(22)21-9-5-8-20(12-21,13-25-3)18(23)24/h4,6-7H,5,8-13H2,1-3H3,(H,23,24). The fourth-order valence-corrected chi connectivity index (χ4v) is 3.91. The van der Waals surface area contributed by atoms with Gasteiger partial charge in [-0.1, -0.05) is 12.1 Å². The topological polar surface area (TPSA) is 85.3 Å². The highest BCUT2D eigenvalue weighted by Gasteiger charge is 2.44. The second-order valence-corrected chi connectivity index (χ2v) is 8.01. The summed E-state index contributed by atoms with van der Waals surface area (Å²) in [5.74, 6) is 0.0728. The zero-order valence-corrected chi connectivity index (χ0v) is 16.1. The predicted octanol–water partition coefficient (Wildman–Crippen LogP) is 2.12. The van der Waals surface area contributed by atoms with Gasteiger partial charge in [0.05, 0.1) is 6.61 Å². The van der Waals surface area contributed by atoms with Crippen LogP contribution in [0.25, 0.3) is 0 Å². The van der Waals surface area contributed by atoms with Crippen LogP contribution >= 0.6 is 0 Å². The molecule has 1 aromatic carbocycles. The van der Waals surface area contributed by atoms with Gasteiger partial charge in [0.15, 0.2) is 18.1 Å². The van der Waals surface area contributed by atoms with Crippen LogP contribution in [-0.4, -0.2) is 60.9 Å². The van der Waals surface area contributed by atoms with Crippen LogP contribution in [0.4, 0.5) is 0 Å². The molecule has 0 aliphatic carbocycles. The van der Waals surface area contributed by atoms with Crippen LogP contribution in [0.2, 0.25) is 0 Å². The van der Waals surface area contributed by atoms with Crippen molar-refractivity contribution in [2.75, 3.05) is 33.4 Å². The van der Waals surface area contributed by atoms with Gasteiger partial charge in [-0.3, -0.25) is 9.59 Å². The number of amides is 1. The van der Waals surface area contributed by atoms with E-state index in [1.807, 2.05) is 26.0 Å². The molecule has 1 saturated heterocycles. The van der Waals surface area contributed by atoms with Gasteiger partial charge >= 0.3 is 5.97 Å². The Morgan fingerprint density at radius 3 is 2.81 bits per heavy atom. The van der Waals surface area contributed by atoms with Gasteiger partial charge < -0.3 is 24.2 Å². The molecule has 0 radical (unpaired) electrons. The molecule has 148 valence electrons. The van der Waals surface area contributed by atoms with E-state index in [0.29, 0.717) is 30.9 Å². The molecule has 2 aliphatic heterocycles. The van der Waals surface area contributed by atoms with Crippen molar-refractivity contribution in [1.29, 1.82) is 0 Å². The Bertz CT molecular complexity index is 727. The molecule has 0 bridgehead atoms. The zero-order chi connectivity index (χ0) is 19.7. The molecule has 3 rings (SSSR count). The average molecular weight is 377 g/mol. The van der Waals surface area contributed by atoms with Crippen LogP contribution in [0, 0.1) is 5.41 Å². The van der Waals surface area contributed by atoms with E-state index in [0.717, 1.165) is 12.0 Å². The van der Waals surface area contributed by atoms with E-state index in [1.54, 1.807) is 11.0 Å². The molecule has 2 aliphatic rings. The highest BCUT2D eigenvalue weighted by molar-refractivity contribution is 5.81. The monoisotopic (exact) mass is 377 g/mol. The lowest BCUT2D eigenvalue weighted by Crippen LogP contribution is -2.53. The summed E-state index contributed by atoms with van der Waals surface area (Å²) in [4.78, 5) is 25.9. The third-order valence-electron chi connectivity index (χ3n) is 5.21. The van der Waals surface area contributed by atoms with E-state index in [9.17, 15) is 14.7 Å². The first-order valence-corrected chi connectivity index (χ1v) is 9.20. The maximum atomic E-state index is 12.6. The number of carboxylic acids is 1. The number of carboxylic acid groups (broad SMARTS) is 1. The summed E-state index contributed by atoms with van der Waals surface area (Å²) < 4.78 is 16.8. The third kappa shape index (κ3) is 4.03. The van der Waals surface area contributed by atoms with Crippen molar-refractivity contribution in [2.45, 2.75) is 38.7 Å². The smallest absolute Gasteiger partial charge is 0.313 e. The molecule has 0 spiro atoms. The van der Waals surface area contributed by atoms with Crippen LogP contribution in [0.3, 0.4) is 0 Å². The second kappa shape index (κ2) is 7.38. The second-order valence-electron chi connectivity index (χ2n) is 8.01. The SMILES string of the molecule is COCC1(C(=O)O)CCCN(C(=O)COc2cccc3c2OC(C)(C)C3)C1. The first kappa shape index (κ1) is 19.5. The molecule has 0 saturated carbocycles. The molecule has 7 heteroatoms. The van der Waals surface area contributed by atoms with Crippen molar-refractivity contribution in [3.63, 3.8) is 0 Å². The number of carbonyl (C=O) groups excluding carboxylic acids is 1. The highest BCUT2D eigenvalue weighted by Crippen LogP contribution is 2.41. The number of benzene rings is 1. The van der Waals surface area contributed by atoms with E-state index < -0.39 is 11.4 Å². The molecule has 1 N–H and O–H groups in total. The third-order valence-corrected chi connectivity index (χ3v) is 5.21. The molecule has 1 fully saturated rings. The minimum Gasteiger partial charge on any atom is -0.483 e. The summed E-state index contributed by atoms with van der Waals surface area (Å²) in [5.41, 5.74) is -0.281. The Hall–Kier alpha value is -2.28. The molecule has 1 atom stereocenters. The minimum absolute atomic E-state index is 0.0854. The van der Waals surface area contributed by atoms with Crippen LogP contribution in [-0.2, 0) is 20.7 Å². The summed E-state index contributed by atoms with van der Waals surface area (Å²) >= 11 is 0. The molecular formula is C20H27NO6. The number of rotatable bonds is 6. The van der Waals surface area contributed by atoms with E-state index in [1.165, 1.54) is 7.11 Å². The number of methoxy groups -OCH3 is 1. The van der Waals surface area contributed by atoms with Gasteiger partial charge in [-0.2, -0.15) is 0 Å². The lowest BCUT2D eigenvalue weighted by atomic mass is 9.80. The van der Waals surface area contributed by atoms with Crippen molar-refractivity contribution in [3.05, 3.63) is 23.8 Å². The largest absolute Gasteiger partial charge is 0.483 e. The van der Waals surface area contributed by atoms with E-state index in [2.05, 4.69) is 0 Å². The molecule has 2 heterocycles. The quantitative estimate of drug-likeness (QED) is 0.817. The van der Waals surface area contributed by atoms with Crippen LogP contribution in [0.15, 0.2) is 18.2 Å². The Morgan fingerprint density at radius 1 is 1.33 bits per heavy atom. The molecule has 1 amide bonds. The minimum atomic E-state index is -1.05. The van der Waals surface area contributed by atoms with Crippen molar-refractivity contribution >= 4 is 11.9 Å². The molecule has 1 unspecified atom stereocenters. The van der Waals surface area contributed by atoms with Gasteiger partial charge in [0, 0.05) is 32.2 Å². The van der Waals surface area contributed by atoms with Crippen LogP contribution < -0.4 is 9.47 Å². The number of fused-ring (bicyclic) bond motifs is 1. The maximum Gasteiger partial charge on any atom is 0.313 e. The summed E-state index contributed by atoms with van der Waals surface area (Å²) in [5, 5.41) is 9.62. The number of piperidine rings is 1. The van der Waals surface area contributed by atoms with Crippen molar-refractivity contribution in [3.8, 4) is 11.5 Å². The normalized spacial score (nSPS) is 23.4. The molecule has 1 aromatic rings. The molecular weight excluding hydrogens is 350 g/mol. The van der Waals surface area contributed by atoms with E-state index in [-0.39, 0.29) is 31.3 Å². The number of aliphatic carboxylic acids is 1. The zero-order valence-electron chi connectivity index (χ0n) is 16.1. The number of hydrogen-bond acceptors (Lipinski definition) is 5. The van der Waals surface area contributed by atoms with E-state index in [4.69, 9.17) is 14.2 Å². The Kier molecular flexibility index (Phi) is 5.33. The van der Waals surface area contributed by atoms with Gasteiger partial charge in [-0.05, 0) is 32.8 Å². The van der Waals surface area contributed by atoms with Gasteiger partial charge in [-0.25, -0.2) is 0 Å². The number of likely N-dealkylation sites (tertiary alicyclic amines) is 1. The first-order chi connectivity index (χ1) is 12.8. The molecule has 27 heavy (non-hydrogen) atoms. The average Bonchev–Trinajstić information content (AvgIpc) is 2.94. The van der Waals surface area contributed by atoms with Crippen molar-refractivity contribution < 1.29 is 28.9 Å². The Balaban J connectivity index is 1.65. The number of para-hydroxylation sites is 1. The number of nitrogens with zero attached hydrogens (tertiary/aromatic N) is 1. The van der Waals surface area contributed by atoms with E-state index >= 15 is 0 Å². The number of carbonyl (C=O) groups is 2. The van der Waals surface area contributed by atoms with Gasteiger partial charge in [0.2, 0.25) is 0 Å². The van der Waals surface area contributed by atoms with Gasteiger partial charge in [0.25, 0.3) is 5.91 Å². The van der Waals surface area contributed by atoms with Crippen molar-refractivity contribution in [1.82, 2.24) is 4.90 Å². The van der Waals surface area contributed by atoms with Crippen LogP contribution in [0.1, 0.15) is 32.3 Å². The fraction of sp³-hybridized carbons (Fsp3) is 0.600. The Morgan fingerprint density at radius 2 is 2.11 bits per heavy atom. The first-order valence-electron chi connectivity index (χ1n) is 9.20. The van der Waals surface area contributed by atoms with Crippen molar-refractivity contribution in [2.24, 2.45) is 5.41 Å². The lowest BCUT2D eigenvalue weighted by molar-refractivity contribution is -0.159. The molecule has 0 aromatic heterocycles. The summed E-state index contributed by atoms with van der Waals surface area (Å²) in [6.45, 7) is 4.62. The fourth-order valence-electron chi connectivity index (χ4n) is 3.91. The number of hydrogen-bond donors (Lipinski definition) is 1. The summed E-state index contributed by atoms with van der Waals surface area (Å²) in [6.07, 6.45) is 1.91. The Labute approximate surface area is 159 Å². The number of ether oxygens (including phenoxy) is 3. The van der Waals surface area contributed by atoms with Gasteiger partial charge in [-0.15, -0.1) is 0 Å². The summed E-state index contributed by atoms with van der Waals surface area (Å²) in [6, 6.07) is 5.67. The predicted molar refractivity (Wildman–Crippen MR) is 98.1 cm³/mol. The molecule has 7 nitrogen and oxygen atoms in total. The maximum absolute atomic E-state index is 12.6. The lowest BCUT2D eigenvalue weighted by Gasteiger charge is -2.39.